The summed E-state index contributed by atoms with van der Waals surface area (Å²) in [6.45, 7) is 2.12. The van der Waals surface area contributed by atoms with Gasteiger partial charge in [-0.05, 0) is 41.3 Å². The maximum absolute atomic E-state index is 13.4. The van der Waals surface area contributed by atoms with Crippen LogP contribution in [0.1, 0.15) is 39.9 Å². The van der Waals surface area contributed by atoms with Crippen molar-refractivity contribution in [3.05, 3.63) is 101 Å². The van der Waals surface area contributed by atoms with Crippen LogP contribution in [0.5, 0.6) is 0 Å². The van der Waals surface area contributed by atoms with E-state index in [4.69, 9.17) is 0 Å². The number of alkyl halides is 3. The molecule has 9 heteroatoms. The molecule has 34 heavy (non-hydrogen) atoms. The molecule has 3 aromatic rings. The molecule has 0 radical (unpaired) electrons. The van der Waals surface area contributed by atoms with Gasteiger partial charge < -0.3 is 5.32 Å². The summed E-state index contributed by atoms with van der Waals surface area (Å²) in [6.07, 6.45) is -3.85. The van der Waals surface area contributed by atoms with Crippen LogP contribution in [0, 0.1) is 0 Å². The zero-order valence-electron chi connectivity index (χ0n) is 18.7. The number of benzene rings is 3. The van der Waals surface area contributed by atoms with Gasteiger partial charge in [0.15, 0.2) is 0 Å². The minimum Gasteiger partial charge on any atom is -0.351 e. The second kappa shape index (κ2) is 10.3. The van der Waals surface area contributed by atoms with Crippen LogP contribution in [0.25, 0.3) is 0 Å². The zero-order chi connectivity index (χ0) is 24.9. The lowest BCUT2D eigenvalue weighted by atomic mass is 10.0. The predicted octanol–water partition coefficient (Wildman–Crippen LogP) is 5.21. The summed E-state index contributed by atoms with van der Waals surface area (Å²) < 4.78 is 65.8. The van der Waals surface area contributed by atoms with Crippen LogP contribution in [-0.2, 0) is 22.7 Å². The number of nitrogens with zero attached hydrogens (tertiary/aromatic N) is 1. The van der Waals surface area contributed by atoms with Gasteiger partial charge in [0, 0.05) is 12.1 Å². The summed E-state index contributed by atoms with van der Waals surface area (Å²) in [5.74, 6) is -0.182. The first-order valence-corrected chi connectivity index (χ1v) is 12.4. The highest BCUT2D eigenvalue weighted by molar-refractivity contribution is 7.92. The quantitative estimate of drug-likeness (QED) is 0.472. The normalized spacial score (nSPS) is 12.7. The lowest BCUT2D eigenvalue weighted by molar-refractivity contribution is -0.137. The summed E-state index contributed by atoms with van der Waals surface area (Å²) >= 11 is 0. The number of para-hydroxylation sites is 1. The average molecular weight is 491 g/mol. The van der Waals surface area contributed by atoms with E-state index in [9.17, 15) is 26.4 Å². The van der Waals surface area contributed by atoms with Crippen LogP contribution in [0.2, 0.25) is 0 Å². The molecule has 0 bridgehead atoms. The second-order valence-corrected chi connectivity index (χ2v) is 9.91. The fraction of sp³-hybridized carbons (Fsp3) is 0.240. The van der Waals surface area contributed by atoms with Crippen molar-refractivity contribution in [1.29, 1.82) is 0 Å². The average Bonchev–Trinajstić information content (AvgIpc) is 2.80. The molecule has 1 atom stereocenters. The predicted molar refractivity (Wildman–Crippen MR) is 126 cm³/mol. The molecule has 0 aliphatic rings. The third-order valence-electron chi connectivity index (χ3n) is 5.36. The van der Waals surface area contributed by atoms with E-state index in [1.54, 1.807) is 0 Å². The molecule has 0 spiro atoms. The third kappa shape index (κ3) is 6.38. The van der Waals surface area contributed by atoms with Gasteiger partial charge in [-0.2, -0.15) is 13.2 Å². The molecule has 5 nitrogen and oxygen atoms in total. The Labute approximate surface area is 197 Å². The van der Waals surface area contributed by atoms with Crippen molar-refractivity contribution in [3.8, 4) is 0 Å². The van der Waals surface area contributed by atoms with Crippen molar-refractivity contribution >= 4 is 21.6 Å². The van der Waals surface area contributed by atoms with E-state index in [1.807, 2.05) is 37.3 Å². The Morgan fingerprint density at radius 1 is 0.941 bits per heavy atom. The Balaban J connectivity index is 1.74. The molecule has 1 N–H and O–H groups in total. The van der Waals surface area contributed by atoms with Crippen LogP contribution in [0.15, 0.2) is 78.9 Å². The standard InChI is InChI=1S/C25H25F3N2O3S/c1-18(20-8-4-3-5-9-20)16-29-24(31)21-14-12-19(13-15-21)17-30(34(2,32)33)23-11-7-6-10-22(23)25(26,27)28/h3-15,18H,16-17H2,1-2H3,(H,29,31). The van der Waals surface area contributed by atoms with Crippen molar-refractivity contribution in [2.24, 2.45) is 0 Å². The molecule has 0 fully saturated rings. The number of anilines is 1. The molecule has 180 valence electrons. The Bertz CT molecular complexity index is 1230. The van der Waals surface area contributed by atoms with Crippen LogP contribution in [-0.4, -0.2) is 27.1 Å². The Morgan fingerprint density at radius 2 is 1.53 bits per heavy atom. The van der Waals surface area contributed by atoms with E-state index >= 15 is 0 Å². The van der Waals surface area contributed by atoms with Crippen LogP contribution < -0.4 is 9.62 Å². The fourth-order valence-electron chi connectivity index (χ4n) is 3.49. The van der Waals surface area contributed by atoms with E-state index in [0.717, 1.165) is 24.0 Å². The van der Waals surface area contributed by atoms with Gasteiger partial charge >= 0.3 is 6.18 Å². The van der Waals surface area contributed by atoms with E-state index < -0.39 is 27.5 Å². The zero-order valence-corrected chi connectivity index (χ0v) is 19.5. The molecule has 0 aliphatic carbocycles. The number of sulfonamides is 1. The minimum atomic E-state index is -4.71. The van der Waals surface area contributed by atoms with Gasteiger partial charge in [-0.3, -0.25) is 9.10 Å². The lowest BCUT2D eigenvalue weighted by Crippen LogP contribution is -2.31. The Kier molecular flexibility index (Phi) is 7.66. The second-order valence-electron chi connectivity index (χ2n) is 8.00. The highest BCUT2D eigenvalue weighted by atomic mass is 32.2. The molecule has 3 rings (SSSR count). The van der Waals surface area contributed by atoms with Gasteiger partial charge in [-0.25, -0.2) is 8.42 Å². The van der Waals surface area contributed by atoms with Crippen molar-refractivity contribution < 1.29 is 26.4 Å². The molecule has 0 saturated heterocycles. The van der Waals surface area contributed by atoms with Gasteiger partial charge in [0.05, 0.1) is 24.1 Å². The third-order valence-corrected chi connectivity index (χ3v) is 6.48. The molecule has 0 aliphatic heterocycles. The van der Waals surface area contributed by atoms with Crippen LogP contribution in [0.4, 0.5) is 18.9 Å². The largest absolute Gasteiger partial charge is 0.418 e. The molecular weight excluding hydrogens is 465 g/mol. The van der Waals surface area contributed by atoms with Gasteiger partial charge in [0.2, 0.25) is 10.0 Å². The number of halogens is 3. The minimum absolute atomic E-state index is 0.112. The van der Waals surface area contributed by atoms with Gasteiger partial charge in [0.1, 0.15) is 0 Å². The number of nitrogens with one attached hydrogen (secondary N) is 1. The maximum Gasteiger partial charge on any atom is 0.418 e. The number of carbonyl (C=O) groups excluding carboxylic acids is 1. The molecule has 1 unspecified atom stereocenters. The molecular formula is C25H25F3N2O3S. The summed E-state index contributed by atoms with van der Waals surface area (Å²) in [6, 6.07) is 20.4. The molecule has 0 aromatic heterocycles. The topological polar surface area (TPSA) is 66.5 Å². The van der Waals surface area contributed by atoms with E-state index in [0.29, 0.717) is 22.0 Å². The first-order valence-electron chi connectivity index (χ1n) is 10.5. The first kappa shape index (κ1) is 25.3. The van der Waals surface area contributed by atoms with E-state index in [-0.39, 0.29) is 18.4 Å². The highest BCUT2D eigenvalue weighted by Gasteiger charge is 2.36. The molecule has 1 amide bonds. The van der Waals surface area contributed by atoms with Crippen LogP contribution >= 0.6 is 0 Å². The summed E-state index contributed by atoms with van der Waals surface area (Å²) in [5, 5.41) is 2.86. The van der Waals surface area contributed by atoms with Gasteiger partial charge in [-0.15, -0.1) is 0 Å². The molecule has 3 aromatic carbocycles. The van der Waals surface area contributed by atoms with Crippen molar-refractivity contribution in [1.82, 2.24) is 5.32 Å². The lowest BCUT2D eigenvalue weighted by Gasteiger charge is -2.25. The summed E-state index contributed by atoms with van der Waals surface area (Å²) in [7, 11) is -4.02. The number of hydrogen-bond acceptors (Lipinski definition) is 3. The Morgan fingerprint density at radius 3 is 2.12 bits per heavy atom. The monoisotopic (exact) mass is 490 g/mol. The molecule has 0 heterocycles. The first-order chi connectivity index (χ1) is 16.0. The number of rotatable bonds is 8. The fourth-order valence-corrected chi connectivity index (χ4v) is 4.39. The van der Waals surface area contributed by atoms with Gasteiger partial charge in [0.25, 0.3) is 5.91 Å². The number of hydrogen-bond donors (Lipinski definition) is 1. The summed E-state index contributed by atoms with van der Waals surface area (Å²) in [5.41, 5.74) is 0.415. The Hall–Kier alpha value is -3.33. The number of amides is 1. The van der Waals surface area contributed by atoms with Crippen molar-refractivity contribution in [2.45, 2.75) is 25.6 Å². The maximum atomic E-state index is 13.4. The summed E-state index contributed by atoms with van der Waals surface area (Å²) in [4.78, 5) is 12.5. The van der Waals surface area contributed by atoms with Crippen molar-refractivity contribution in [2.75, 3.05) is 17.1 Å². The van der Waals surface area contributed by atoms with E-state index in [2.05, 4.69) is 5.32 Å². The van der Waals surface area contributed by atoms with E-state index in [1.165, 1.54) is 36.4 Å². The number of carbonyl (C=O) groups is 1. The SMILES string of the molecule is CC(CNC(=O)c1ccc(CN(c2ccccc2C(F)(F)F)S(C)(=O)=O)cc1)c1ccccc1. The van der Waals surface area contributed by atoms with Crippen LogP contribution in [0.3, 0.4) is 0 Å². The van der Waals surface area contributed by atoms with Gasteiger partial charge in [-0.1, -0.05) is 61.5 Å². The highest BCUT2D eigenvalue weighted by Crippen LogP contribution is 2.37. The van der Waals surface area contributed by atoms with Crippen molar-refractivity contribution in [3.63, 3.8) is 0 Å². The smallest absolute Gasteiger partial charge is 0.351 e. The molecule has 0 saturated carbocycles.